The Kier molecular flexibility index (Phi) is 4.53. The molecule has 0 saturated carbocycles. The Bertz CT molecular complexity index is 539. The van der Waals surface area contributed by atoms with E-state index in [-0.39, 0.29) is 6.04 Å². The van der Waals surface area contributed by atoms with Gasteiger partial charge in [-0.1, -0.05) is 44.0 Å². The summed E-state index contributed by atoms with van der Waals surface area (Å²) < 4.78 is 3.85. The highest BCUT2D eigenvalue weighted by Gasteiger charge is 2.17. The third-order valence-corrected chi connectivity index (χ3v) is 3.91. The summed E-state index contributed by atoms with van der Waals surface area (Å²) in [6.45, 7) is 2.93. The molecule has 0 amide bonds. The molecule has 1 aromatic heterocycles. The van der Waals surface area contributed by atoms with Gasteiger partial charge in [-0.2, -0.15) is 0 Å². The van der Waals surface area contributed by atoms with Crippen molar-refractivity contribution in [3.8, 4) is 0 Å². The number of halogens is 2. The molecule has 96 valence electrons. The molecule has 2 aromatic rings. The van der Waals surface area contributed by atoms with Crippen molar-refractivity contribution >= 4 is 31.9 Å². The van der Waals surface area contributed by atoms with Gasteiger partial charge in [0.2, 0.25) is 0 Å². The van der Waals surface area contributed by atoms with E-state index < -0.39 is 0 Å². The SMILES string of the molecule is CCCn1nncc1C(N)c1cc(Br)ccc1Br. The fourth-order valence-electron chi connectivity index (χ4n) is 1.80. The summed E-state index contributed by atoms with van der Waals surface area (Å²) in [5.74, 6) is 0. The number of hydrogen-bond donors (Lipinski definition) is 1. The molecule has 6 heteroatoms. The first-order valence-corrected chi connectivity index (χ1v) is 7.31. The standard InChI is InChI=1S/C12H14Br2N4/c1-2-5-18-11(7-16-17-18)12(15)9-6-8(13)3-4-10(9)14/h3-4,6-7,12H,2,5,15H2,1H3. The molecule has 1 aromatic carbocycles. The van der Waals surface area contributed by atoms with Crippen LogP contribution in [0.5, 0.6) is 0 Å². The molecule has 0 aliphatic carbocycles. The Labute approximate surface area is 123 Å². The van der Waals surface area contributed by atoms with E-state index in [2.05, 4.69) is 49.1 Å². The minimum absolute atomic E-state index is 0.238. The average molecular weight is 374 g/mol. The van der Waals surface area contributed by atoms with Crippen molar-refractivity contribution in [2.24, 2.45) is 5.73 Å². The first-order chi connectivity index (χ1) is 8.63. The largest absolute Gasteiger partial charge is 0.319 e. The highest BCUT2D eigenvalue weighted by molar-refractivity contribution is 9.11. The highest BCUT2D eigenvalue weighted by atomic mass is 79.9. The summed E-state index contributed by atoms with van der Waals surface area (Å²) in [5.41, 5.74) is 8.25. The number of hydrogen-bond acceptors (Lipinski definition) is 3. The molecule has 2 N–H and O–H groups in total. The van der Waals surface area contributed by atoms with Crippen molar-refractivity contribution < 1.29 is 0 Å². The van der Waals surface area contributed by atoms with Crippen LogP contribution in [0.2, 0.25) is 0 Å². The molecule has 0 fully saturated rings. The van der Waals surface area contributed by atoms with E-state index in [4.69, 9.17) is 5.73 Å². The molecule has 0 radical (unpaired) electrons. The van der Waals surface area contributed by atoms with Crippen LogP contribution in [0.4, 0.5) is 0 Å². The predicted octanol–water partition coefficient (Wildman–Crippen LogP) is 3.26. The zero-order valence-corrected chi connectivity index (χ0v) is 13.1. The Hall–Kier alpha value is -0.720. The second-order valence-corrected chi connectivity index (χ2v) is 5.80. The van der Waals surface area contributed by atoms with E-state index in [1.165, 1.54) is 0 Å². The third kappa shape index (κ3) is 2.81. The van der Waals surface area contributed by atoms with Crippen LogP contribution in [0, 0.1) is 0 Å². The van der Waals surface area contributed by atoms with Crippen LogP contribution in [0.3, 0.4) is 0 Å². The predicted molar refractivity (Wildman–Crippen MR) is 78.2 cm³/mol. The molecule has 18 heavy (non-hydrogen) atoms. The van der Waals surface area contributed by atoms with Crippen LogP contribution in [0.1, 0.15) is 30.6 Å². The third-order valence-electron chi connectivity index (χ3n) is 2.69. The van der Waals surface area contributed by atoms with Crippen LogP contribution < -0.4 is 5.73 Å². The Morgan fingerprint density at radius 2 is 2.17 bits per heavy atom. The lowest BCUT2D eigenvalue weighted by atomic mass is 10.1. The van der Waals surface area contributed by atoms with E-state index in [0.717, 1.165) is 33.2 Å². The van der Waals surface area contributed by atoms with Gasteiger partial charge >= 0.3 is 0 Å². The number of rotatable bonds is 4. The van der Waals surface area contributed by atoms with Gasteiger partial charge in [0.05, 0.1) is 17.9 Å². The molecule has 0 spiro atoms. The minimum atomic E-state index is -0.238. The molecule has 0 aliphatic heterocycles. The Balaban J connectivity index is 2.38. The zero-order valence-electron chi connectivity index (χ0n) is 9.98. The van der Waals surface area contributed by atoms with Crippen molar-refractivity contribution in [3.63, 3.8) is 0 Å². The van der Waals surface area contributed by atoms with Gasteiger partial charge in [0, 0.05) is 15.5 Å². The molecule has 0 saturated heterocycles. The van der Waals surface area contributed by atoms with E-state index in [1.807, 2.05) is 22.9 Å². The minimum Gasteiger partial charge on any atom is -0.319 e. The fraction of sp³-hybridized carbons (Fsp3) is 0.333. The number of benzene rings is 1. The van der Waals surface area contributed by atoms with E-state index >= 15 is 0 Å². The van der Waals surface area contributed by atoms with Crippen molar-refractivity contribution in [2.45, 2.75) is 25.9 Å². The fourth-order valence-corrected chi connectivity index (χ4v) is 2.68. The summed E-state index contributed by atoms with van der Waals surface area (Å²) in [7, 11) is 0. The number of aromatic nitrogens is 3. The molecular weight excluding hydrogens is 360 g/mol. The maximum atomic E-state index is 6.31. The summed E-state index contributed by atoms with van der Waals surface area (Å²) in [6, 6.07) is 5.73. The van der Waals surface area contributed by atoms with E-state index in [1.54, 1.807) is 6.20 Å². The monoisotopic (exact) mass is 372 g/mol. The lowest BCUT2D eigenvalue weighted by Crippen LogP contribution is -2.18. The van der Waals surface area contributed by atoms with Crippen molar-refractivity contribution in [1.82, 2.24) is 15.0 Å². The molecule has 1 unspecified atom stereocenters. The van der Waals surface area contributed by atoms with Crippen molar-refractivity contribution in [3.05, 3.63) is 44.6 Å². The lowest BCUT2D eigenvalue weighted by molar-refractivity contribution is 0.543. The van der Waals surface area contributed by atoms with Gasteiger partial charge in [-0.25, -0.2) is 4.68 Å². The second kappa shape index (κ2) is 5.95. The van der Waals surface area contributed by atoms with Crippen LogP contribution in [0.25, 0.3) is 0 Å². The first kappa shape index (κ1) is 13.7. The summed E-state index contributed by atoms with van der Waals surface area (Å²) >= 11 is 6.99. The highest BCUT2D eigenvalue weighted by Crippen LogP contribution is 2.29. The van der Waals surface area contributed by atoms with Crippen LogP contribution in [-0.2, 0) is 6.54 Å². The first-order valence-electron chi connectivity index (χ1n) is 5.72. The Morgan fingerprint density at radius 1 is 1.39 bits per heavy atom. The van der Waals surface area contributed by atoms with Crippen molar-refractivity contribution in [2.75, 3.05) is 0 Å². The topological polar surface area (TPSA) is 56.7 Å². The molecule has 2 rings (SSSR count). The van der Waals surface area contributed by atoms with Gasteiger partial charge in [-0.05, 0) is 30.2 Å². The van der Waals surface area contributed by atoms with Gasteiger partial charge in [0.1, 0.15) is 0 Å². The van der Waals surface area contributed by atoms with E-state index in [0.29, 0.717) is 0 Å². The molecule has 0 bridgehead atoms. The van der Waals surface area contributed by atoms with Gasteiger partial charge in [0.25, 0.3) is 0 Å². The molecule has 1 atom stereocenters. The molecule has 1 heterocycles. The summed E-state index contributed by atoms with van der Waals surface area (Å²) in [4.78, 5) is 0. The molecule has 4 nitrogen and oxygen atoms in total. The normalized spacial score (nSPS) is 12.7. The second-order valence-electron chi connectivity index (χ2n) is 4.03. The lowest BCUT2D eigenvalue weighted by Gasteiger charge is -2.15. The van der Waals surface area contributed by atoms with Gasteiger partial charge < -0.3 is 5.73 Å². The molecular formula is C12H14Br2N4. The average Bonchev–Trinajstić information content (AvgIpc) is 2.80. The maximum Gasteiger partial charge on any atom is 0.0800 e. The number of nitrogens with zero attached hydrogens (tertiary/aromatic N) is 3. The summed E-state index contributed by atoms with van der Waals surface area (Å²) in [6.07, 6.45) is 2.73. The number of aryl methyl sites for hydroxylation is 1. The van der Waals surface area contributed by atoms with Crippen LogP contribution >= 0.6 is 31.9 Å². The van der Waals surface area contributed by atoms with Crippen LogP contribution in [0.15, 0.2) is 33.3 Å². The van der Waals surface area contributed by atoms with Gasteiger partial charge in [0.15, 0.2) is 0 Å². The zero-order chi connectivity index (χ0) is 13.1. The van der Waals surface area contributed by atoms with Crippen LogP contribution in [-0.4, -0.2) is 15.0 Å². The summed E-state index contributed by atoms with van der Waals surface area (Å²) in [5, 5.41) is 8.01. The quantitative estimate of drug-likeness (QED) is 0.894. The maximum absolute atomic E-state index is 6.31. The smallest absolute Gasteiger partial charge is 0.0800 e. The van der Waals surface area contributed by atoms with Crippen molar-refractivity contribution in [1.29, 1.82) is 0 Å². The Morgan fingerprint density at radius 3 is 2.89 bits per heavy atom. The van der Waals surface area contributed by atoms with Gasteiger partial charge in [-0.3, -0.25) is 0 Å². The van der Waals surface area contributed by atoms with Gasteiger partial charge in [-0.15, -0.1) is 5.10 Å². The molecule has 0 aliphatic rings. The van der Waals surface area contributed by atoms with E-state index in [9.17, 15) is 0 Å². The number of nitrogens with two attached hydrogens (primary N) is 1.